The highest BCUT2D eigenvalue weighted by molar-refractivity contribution is 6.01. The van der Waals surface area contributed by atoms with Crippen LogP contribution in [0.1, 0.15) is 11.1 Å². The number of benzene rings is 2. The largest absolute Gasteiger partial charge is 0.430 e. The van der Waals surface area contributed by atoms with Gasteiger partial charge < -0.3 is 21.7 Å². The van der Waals surface area contributed by atoms with Crippen LogP contribution in [0.15, 0.2) is 24.3 Å². The number of nitrogens with two attached hydrogens (primary N) is 2. The summed E-state index contributed by atoms with van der Waals surface area (Å²) in [5.74, 6) is 0. The van der Waals surface area contributed by atoms with Crippen molar-refractivity contribution in [3.63, 3.8) is 0 Å². The van der Waals surface area contributed by atoms with Gasteiger partial charge in [0.2, 0.25) is 0 Å². The highest BCUT2D eigenvalue weighted by atomic mass is 19.4. The Balaban J connectivity index is 3.21. The summed E-state index contributed by atoms with van der Waals surface area (Å²) in [5.41, 5.74) is -8.35. The third kappa shape index (κ3) is 3.35. The number of hydrogen-bond acceptors (Lipinski definition) is 4. The van der Waals surface area contributed by atoms with Crippen LogP contribution < -0.4 is 11.5 Å². The van der Waals surface area contributed by atoms with Crippen LogP contribution in [0.2, 0.25) is 0 Å². The molecule has 32 heavy (non-hydrogen) atoms. The van der Waals surface area contributed by atoms with E-state index in [1.54, 1.807) is 0 Å². The molecule has 0 heterocycles. The van der Waals surface area contributed by atoms with E-state index in [4.69, 9.17) is 11.5 Å². The number of fused-ring (bicyclic) bond motifs is 1. The van der Waals surface area contributed by atoms with Gasteiger partial charge in [-0.15, -0.1) is 0 Å². The van der Waals surface area contributed by atoms with Crippen molar-refractivity contribution in [3.8, 4) is 0 Å². The van der Waals surface area contributed by atoms with Gasteiger partial charge in [0.1, 0.15) is 0 Å². The first kappa shape index (κ1) is 25.6. The van der Waals surface area contributed by atoms with Crippen LogP contribution in [0.25, 0.3) is 10.8 Å². The van der Waals surface area contributed by atoms with Gasteiger partial charge in [0.05, 0.1) is 0 Å². The lowest BCUT2D eigenvalue weighted by Crippen LogP contribution is -2.55. The first-order chi connectivity index (χ1) is 14.0. The number of rotatable bonds is 2. The highest BCUT2D eigenvalue weighted by Crippen LogP contribution is 2.56. The number of alkyl halides is 12. The van der Waals surface area contributed by atoms with Crippen LogP contribution in [0.4, 0.5) is 64.1 Å². The molecule has 0 aliphatic carbocycles. The van der Waals surface area contributed by atoms with Crippen molar-refractivity contribution in [2.24, 2.45) is 0 Å². The Labute approximate surface area is 169 Å². The van der Waals surface area contributed by atoms with Gasteiger partial charge in [0.25, 0.3) is 11.2 Å². The molecule has 0 atom stereocenters. The molecule has 0 spiro atoms. The van der Waals surface area contributed by atoms with Crippen LogP contribution in [-0.2, 0) is 11.2 Å². The Kier molecular flexibility index (Phi) is 5.56. The minimum atomic E-state index is -6.60. The Morgan fingerprint density at radius 1 is 0.531 bits per heavy atom. The molecule has 0 radical (unpaired) electrons. The maximum Gasteiger partial charge on any atom is 0.430 e. The van der Waals surface area contributed by atoms with Crippen LogP contribution in [-0.4, -0.2) is 34.9 Å². The average Bonchev–Trinajstić information content (AvgIpc) is 2.57. The third-order valence-electron chi connectivity index (χ3n) is 4.64. The van der Waals surface area contributed by atoms with Crippen molar-refractivity contribution < 1.29 is 62.9 Å². The number of aliphatic hydroxyl groups is 2. The summed E-state index contributed by atoms with van der Waals surface area (Å²) in [5, 5.41) is 15.9. The van der Waals surface area contributed by atoms with Crippen molar-refractivity contribution in [1.29, 1.82) is 0 Å². The molecule has 2 rings (SSSR count). The molecule has 0 saturated heterocycles. The van der Waals surface area contributed by atoms with Gasteiger partial charge >= 0.3 is 24.7 Å². The second kappa shape index (κ2) is 6.94. The van der Waals surface area contributed by atoms with Crippen molar-refractivity contribution in [2.45, 2.75) is 35.9 Å². The minimum Gasteiger partial charge on any atom is -0.398 e. The molecular formula is C16H10F12N2O2. The first-order valence-corrected chi connectivity index (χ1v) is 7.86. The molecule has 2 aromatic carbocycles. The molecule has 0 saturated carbocycles. The Morgan fingerprint density at radius 3 is 1.28 bits per heavy atom. The van der Waals surface area contributed by atoms with E-state index in [2.05, 4.69) is 0 Å². The van der Waals surface area contributed by atoms with Gasteiger partial charge in [-0.05, 0) is 17.5 Å². The topological polar surface area (TPSA) is 92.5 Å². The lowest BCUT2D eigenvalue weighted by molar-refractivity contribution is -0.376. The summed E-state index contributed by atoms with van der Waals surface area (Å²) in [6.07, 6.45) is -26.2. The fourth-order valence-electron chi connectivity index (χ4n) is 3.10. The van der Waals surface area contributed by atoms with Crippen molar-refractivity contribution in [2.75, 3.05) is 11.5 Å². The Morgan fingerprint density at radius 2 is 0.906 bits per heavy atom. The Bertz CT molecular complexity index is 1010. The van der Waals surface area contributed by atoms with E-state index in [-0.39, 0.29) is 24.3 Å². The summed E-state index contributed by atoms with van der Waals surface area (Å²) in [6.45, 7) is 0. The summed E-state index contributed by atoms with van der Waals surface area (Å²) < 4.78 is 160. The number of nitrogen functional groups attached to an aromatic ring is 2. The normalized spacial score (nSPS) is 14.8. The van der Waals surface area contributed by atoms with Crippen LogP contribution in [0, 0.1) is 0 Å². The molecule has 0 amide bonds. The summed E-state index contributed by atoms with van der Waals surface area (Å²) in [6, 6.07) is 0.348. The van der Waals surface area contributed by atoms with Crippen molar-refractivity contribution in [1.82, 2.24) is 0 Å². The van der Waals surface area contributed by atoms with E-state index in [9.17, 15) is 62.9 Å². The Hall–Kier alpha value is -2.62. The third-order valence-corrected chi connectivity index (χ3v) is 4.64. The fourth-order valence-corrected chi connectivity index (χ4v) is 3.10. The van der Waals surface area contributed by atoms with Crippen molar-refractivity contribution >= 4 is 22.1 Å². The zero-order valence-corrected chi connectivity index (χ0v) is 14.9. The fraction of sp³-hybridized carbons (Fsp3) is 0.375. The molecule has 0 fully saturated rings. The quantitative estimate of drug-likeness (QED) is 0.365. The van der Waals surface area contributed by atoms with Gasteiger partial charge in [-0.25, -0.2) is 0 Å². The molecule has 0 bridgehead atoms. The second-order valence-electron chi connectivity index (χ2n) is 6.57. The lowest BCUT2D eigenvalue weighted by atomic mass is 9.81. The number of halogens is 12. The van der Waals surface area contributed by atoms with Gasteiger partial charge in [0, 0.05) is 27.9 Å². The monoisotopic (exact) mass is 490 g/mol. The van der Waals surface area contributed by atoms with E-state index in [1.807, 2.05) is 0 Å². The number of anilines is 2. The van der Waals surface area contributed by atoms with E-state index in [1.165, 1.54) is 0 Å². The maximum atomic E-state index is 13.4. The standard InChI is InChI=1S/C16H10F12N2O2/c17-13(18,19)11(31,14(20,21)22)6-2-4-7(29)9-5(6)1-3-8(30)10(9)12(32,15(23,24)25)16(26,27)28/h1-4,31-32H,29-30H2. The number of hydrogen-bond donors (Lipinski definition) is 4. The lowest BCUT2D eigenvalue weighted by Gasteiger charge is -2.36. The molecule has 6 N–H and O–H groups in total. The van der Waals surface area contributed by atoms with E-state index in [0.717, 1.165) is 0 Å². The molecule has 180 valence electrons. The van der Waals surface area contributed by atoms with Crippen molar-refractivity contribution in [3.05, 3.63) is 35.4 Å². The zero-order chi connectivity index (χ0) is 25.3. The molecule has 0 aliphatic heterocycles. The zero-order valence-electron chi connectivity index (χ0n) is 14.9. The second-order valence-corrected chi connectivity index (χ2v) is 6.57. The van der Waals surface area contributed by atoms with E-state index in [0.29, 0.717) is 0 Å². The van der Waals surface area contributed by atoms with Crippen LogP contribution in [0.5, 0.6) is 0 Å². The smallest absolute Gasteiger partial charge is 0.398 e. The maximum absolute atomic E-state index is 13.4. The molecule has 0 aliphatic rings. The SMILES string of the molecule is Nc1ccc2c(C(O)(C(F)(F)F)C(F)(F)F)ccc(N)c2c1C(O)(C(F)(F)F)C(F)(F)F. The van der Waals surface area contributed by atoms with Gasteiger partial charge in [-0.1, -0.05) is 12.1 Å². The van der Waals surface area contributed by atoms with Crippen LogP contribution >= 0.6 is 0 Å². The minimum absolute atomic E-state index is 0.0706. The average molecular weight is 490 g/mol. The highest BCUT2D eigenvalue weighted by Gasteiger charge is 2.74. The van der Waals surface area contributed by atoms with E-state index >= 15 is 0 Å². The summed E-state index contributed by atoms with van der Waals surface area (Å²) in [7, 11) is 0. The van der Waals surface area contributed by atoms with E-state index < -0.39 is 69.2 Å². The molecule has 2 aromatic rings. The molecule has 4 nitrogen and oxygen atoms in total. The molecule has 0 unspecified atom stereocenters. The summed E-state index contributed by atoms with van der Waals surface area (Å²) >= 11 is 0. The van der Waals surface area contributed by atoms with Gasteiger partial charge in [-0.2, -0.15) is 52.7 Å². The first-order valence-electron chi connectivity index (χ1n) is 7.86. The van der Waals surface area contributed by atoms with Crippen LogP contribution in [0.3, 0.4) is 0 Å². The predicted octanol–water partition coefficient (Wildman–Crippen LogP) is 4.63. The van der Waals surface area contributed by atoms with Gasteiger partial charge in [-0.3, -0.25) is 0 Å². The molecular weight excluding hydrogens is 480 g/mol. The molecule has 0 aromatic heterocycles. The van der Waals surface area contributed by atoms with Gasteiger partial charge in [0.15, 0.2) is 0 Å². The summed E-state index contributed by atoms with van der Waals surface area (Å²) in [4.78, 5) is 0. The molecule has 16 heteroatoms. The predicted molar refractivity (Wildman–Crippen MR) is 84.8 cm³/mol.